The highest BCUT2D eigenvalue weighted by atomic mass is 32.1. The van der Waals surface area contributed by atoms with Gasteiger partial charge in [-0.15, -0.1) is 11.3 Å². The van der Waals surface area contributed by atoms with Gasteiger partial charge >= 0.3 is 0 Å². The SMILES string of the molecule is Cc1nn(-c2ccccc2)c2sc(C(=O)NCC(=O)N3CCC(O)CC3)cc12. The molecule has 2 amide bonds. The molecule has 2 aromatic heterocycles. The van der Waals surface area contributed by atoms with Crippen molar-refractivity contribution in [2.75, 3.05) is 19.6 Å². The van der Waals surface area contributed by atoms with Crippen LogP contribution in [0.25, 0.3) is 15.9 Å². The summed E-state index contributed by atoms with van der Waals surface area (Å²) in [5.74, 6) is -0.376. The number of rotatable bonds is 4. The zero-order valence-corrected chi connectivity index (χ0v) is 16.4. The molecule has 1 aliphatic heterocycles. The molecule has 1 fully saturated rings. The number of thiophene rings is 1. The van der Waals surface area contributed by atoms with Crippen LogP contribution in [0.1, 0.15) is 28.2 Å². The van der Waals surface area contributed by atoms with Crippen molar-refractivity contribution in [3.63, 3.8) is 0 Å². The van der Waals surface area contributed by atoms with Crippen molar-refractivity contribution in [1.82, 2.24) is 20.0 Å². The van der Waals surface area contributed by atoms with Gasteiger partial charge in [-0.3, -0.25) is 9.59 Å². The first kappa shape index (κ1) is 18.6. The quantitative estimate of drug-likeness (QED) is 0.705. The van der Waals surface area contributed by atoms with Crippen LogP contribution in [0.4, 0.5) is 0 Å². The zero-order chi connectivity index (χ0) is 19.7. The monoisotopic (exact) mass is 398 g/mol. The smallest absolute Gasteiger partial charge is 0.261 e. The maximum atomic E-state index is 12.6. The molecule has 0 unspecified atom stereocenters. The highest BCUT2D eigenvalue weighted by molar-refractivity contribution is 7.20. The number of carbonyl (C=O) groups is 2. The second-order valence-corrected chi connectivity index (χ2v) is 7.99. The van der Waals surface area contributed by atoms with Crippen LogP contribution in [-0.2, 0) is 4.79 Å². The fourth-order valence-electron chi connectivity index (χ4n) is 3.37. The highest BCUT2D eigenvalue weighted by Crippen LogP contribution is 2.30. The first-order valence-electron chi connectivity index (χ1n) is 9.31. The molecule has 1 aromatic carbocycles. The van der Waals surface area contributed by atoms with E-state index in [9.17, 15) is 14.7 Å². The minimum absolute atomic E-state index is 0.0348. The van der Waals surface area contributed by atoms with Crippen molar-refractivity contribution < 1.29 is 14.7 Å². The van der Waals surface area contributed by atoms with Gasteiger partial charge < -0.3 is 15.3 Å². The van der Waals surface area contributed by atoms with Crippen LogP contribution in [-0.4, -0.2) is 57.3 Å². The maximum absolute atomic E-state index is 12.6. The van der Waals surface area contributed by atoms with E-state index in [1.165, 1.54) is 11.3 Å². The van der Waals surface area contributed by atoms with E-state index in [2.05, 4.69) is 10.4 Å². The molecule has 0 bridgehead atoms. The van der Waals surface area contributed by atoms with E-state index in [0.29, 0.717) is 30.8 Å². The van der Waals surface area contributed by atoms with Gasteiger partial charge in [0.2, 0.25) is 5.91 Å². The Morgan fingerprint density at radius 3 is 2.68 bits per heavy atom. The molecule has 4 rings (SSSR count). The lowest BCUT2D eigenvalue weighted by Gasteiger charge is -2.29. The number of aliphatic hydroxyl groups is 1. The summed E-state index contributed by atoms with van der Waals surface area (Å²) in [7, 11) is 0. The summed E-state index contributed by atoms with van der Waals surface area (Å²) < 4.78 is 1.84. The van der Waals surface area contributed by atoms with Gasteiger partial charge in [0.15, 0.2) is 0 Å². The molecule has 1 saturated heterocycles. The summed E-state index contributed by atoms with van der Waals surface area (Å²) in [5.41, 5.74) is 1.80. The number of likely N-dealkylation sites (tertiary alicyclic amines) is 1. The lowest BCUT2D eigenvalue weighted by atomic mass is 10.1. The molecule has 0 aliphatic carbocycles. The zero-order valence-electron chi connectivity index (χ0n) is 15.6. The number of amides is 2. The van der Waals surface area contributed by atoms with E-state index >= 15 is 0 Å². The Morgan fingerprint density at radius 1 is 1.25 bits per heavy atom. The van der Waals surface area contributed by atoms with Crippen LogP contribution in [0.15, 0.2) is 36.4 Å². The van der Waals surface area contributed by atoms with Gasteiger partial charge in [-0.25, -0.2) is 4.68 Å². The van der Waals surface area contributed by atoms with E-state index in [4.69, 9.17) is 0 Å². The summed E-state index contributed by atoms with van der Waals surface area (Å²) in [6.45, 7) is 2.95. The van der Waals surface area contributed by atoms with Crippen LogP contribution in [0.5, 0.6) is 0 Å². The summed E-state index contributed by atoms with van der Waals surface area (Å²) in [4.78, 5) is 28.0. The van der Waals surface area contributed by atoms with Gasteiger partial charge in [-0.2, -0.15) is 5.10 Å². The van der Waals surface area contributed by atoms with Gasteiger partial charge in [-0.05, 0) is 38.0 Å². The van der Waals surface area contributed by atoms with Gasteiger partial charge in [0.1, 0.15) is 4.83 Å². The number of nitrogens with zero attached hydrogens (tertiary/aromatic N) is 3. The molecule has 0 spiro atoms. The van der Waals surface area contributed by atoms with E-state index in [-0.39, 0.29) is 24.5 Å². The van der Waals surface area contributed by atoms with Crippen LogP contribution < -0.4 is 5.32 Å². The standard InChI is InChI=1S/C20H22N4O3S/c1-13-16-11-17(28-20(16)24(22-13)14-5-3-2-4-6-14)19(27)21-12-18(26)23-9-7-15(25)8-10-23/h2-6,11,15,25H,7-10,12H2,1H3,(H,21,27). The first-order chi connectivity index (χ1) is 13.5. The average Bonchev–Trinajstić information content (AvgIpc) is 3.28. The molecule has 0 radical (unpaired) electrons. The van der Waals surface area contributed by atoms with E-state index < -0.39 is 0 Å². The van der Waals surface area contributed by atoms with E-state index in [1.807, 2.05) is 48.0 Å². The summed E-state index contributed by atoms with van der Waals surface area (Å²) in [6, 6.07) is 11.6. The molecule has 146 valence electrons. The molecule has 0 saturated carbocycles. The number of hydrogen-bond donors (Lipinski definition) is 2. The number of para-hydroxylation sites is 1. The van der Waals surface area contributed by atoms with Crippen LogP contribution in [0, 0.1) is 6.92 Å². The summed E-state index contributed by atoms with van der Waals surface area (Å²) in [5, 5.41) is 17.8. The summed E-state index contributed by atoms with van der Waals surface area (Å²) >= 11 is 1.37. The van der Waals surface area contributed by atoms with Crippen LogP contribution in [0.3, 0.4) is 0 Å². The molecular weight excluding hydrogens is 376 g/mol. The van der Waals surface area contributed by atoms with Crippen molar-refractivity contribution in [2.45, 2.75) is 25.9 Å². The second kappa shape index (κ2) is 7.73. The Bertz CT molecular complexity index is 1000. The maximum Gasteiger partial charge on any atom is 0.261 e. The number of aliphatic hydroxyl groups excluding tert-OH is 1. The molecule has 28 heavy (non-hydrogen) atoms. The Labute approximate surface area is 166 Å². The van der Waals surface area contributed by atoms with Gasteiger partial charge in [0, 0.05) is 18.5 Å². The molecule has 1 aliphatic rings. The number of piperidine rings is 1. The molecule has 0 atom stereocenters. The predicted octanol–water partition coefficient (Wildman–Crippen LogP) is 2.11. The molecule has 3 heterocycles. The lowest BCUT2D eigenvalue weighted by molar-refractivity contribution is -0.132. The fraction of sp³-hybridized carbons (Fsp3) is 0.350. The van der Waals surface area contributed by atoms with Gasteiger partial charge in [0.05, 0.1) is 28.9 Å². The third kappa shape index (κ3) is 3.65. The van der Waals surface area contributed by atoms with Crippen molar-refractivity contribution in [1.29, 1.82) is 0 Å². The highest BCUT2D eigenvalue weighted by Gasteiger charge is 2.22. The van der Waals surface area contributed by atoms with Crippen molar-refractivity contribution >= 4 is 33.4 Å². The topological polar surface area (TPSA) is 87.5 Å². The predicted molar refractivity (Wildman–Crippen MR) is 108 cm³/mol. The van der Waals surface area contributed by atoms with Crippen molar-refractivity contribution in [3.8, 4) is 5.69 Å². The van der Waals surface area contributed by atoms with Crippen LogP contribution >= 0.6 is 11.3 Å². The number of hydrogen-bond acceptors (Lipinski definition) is 5. The number of fused-ring (bicyclic) bond motifs is 1. The Balaban J connectivity index is 1.47. The van der Waals surface area contributed by atoms with E-state index in [0.717, 1.165) is 21.6 Å². The Kier molecular flexibility index (Phi) is 5.15. The van der Waals surface area contributed by atoms with Crippen LogP contribution in [0.2, 0.25) is 0 Å². The van der Waals surface area contributed by atoms with E-state index in [1.54, 1.807) is 4.90 Å². The Hall–Kier alpha value is -2.71. The van der Waals surface area contributed by atoms with Crippen molar-refractivity contribution in [2.24, 2.45) is 0 Å². The second-order valence-electron chi connectivity index (χ2n) is 6.96. The minimum Gasteiger partial charge on any atom is -0.393 e. The molecular formula is C20H22N4O3S. The number of aryl methyl sites for hydroxylation is 1. The summed E-state index contributed by atoms with van der Waals surface area (Å²) in [6.07, 6.45) is 0.848. The molecule has 3 aromatic rings. The Morgan fingerprint density at radius 2 is 1.96 bits per heavy atom. The van der Waals surface area contributed by atoms with Gasteiger partial charge in [0.25, 0.3) is 5.91 Å². The van der Waals surface area contributed by atoms with Crippen molar-refractivity contribution in [3.05, 3.63) is 47.0 Å². The largest absolute Gasteiger partial charge is 0.393 e. The van der Waals surface area contributed by atoms with Gasteiger partial charge in [-0.1, -0.05) is 18.2 Å². The number of benzene rings is 1. The number of nitrogens with one attached hydrogen (secondary N) is 1. The molecule has 8 heteroatoms. The minimum atomic E-state index is -0.329. The normalized spacial score (nSPS) is 15.1. The number of aromatic nitrogens is 2. The molecule has 7 nitrogen and oxygen atoms in total. The lowest BCUT2D eigenvalue weighted by Crippen LogP contribution is -2.44. The molecule has 2 N–H and O–H groups in total. The number of carbonyl (C=O) groups excluding carboxylic acids is 2. The average molecular weight is 398 g/mol. The first-order valence-corrected chi connectivity index (χ1v) is 10.1. The third-order valence-corrected chi connectivity index (χ3v) is 6.10. The fourth-order valence-corrected chi connectivity index (χ4v) is 4.47. The third-order valence-electron chi connectivity index (χ3n) is 4.99.